The van der Waals surface area contributed by atoms with E-state index in [1.165, 1.54) is 6.20 Å². The van der Waals surface area contributed by atoms with Crippen LogP contribution < -0.4 is 0 Å². The standard InChI is InChI=1S/C18H15NO2/c1-13-8-9-14-5-2-3-7-16(14)17(13)12-21-18(20)15-6-4-10-19-11-15/h2-11H,12H2,1H3. The fraction of sp³-hybridized carbons (Fsp3) is 0.111. The topological polar surface area (TPSA) is 39.2 Å². The molecule has 3 nitrogen and oxygen atoms in total. The number of hydrogen-bond acceptors (Lipinski definition) is 3. The number of ether oxygens (including phenoxy) is 1. The third kappa shape index (κ3) is 2.77. The quantitative estimate of drug-likeness (QED) is 0.681. The van der Waals surface area contributed by atoms with Gasteiger partial charge in [-0.3, -0.25) is 4.98 Å². The predicted molar refractivity (Wildman–Crippen MR) is 82.0 cm³/mol. The molecule has 0 unspecified atom stereocenters. The van der Waals surface area contributed by atoms with Gasteiger partial charge >= 0.3 is 5.97 Å². The zero-order valence-electron chi connectivity index (χ0n) is 11.7. The Balaban J connectivity index is 1.86. The van der Waals surface area contributed by atoms with Gasteiger partial charge < -0.3 is 4.74 Å². The summed E-state index contributed by atoms with van der Waals surface area (Å²) in [5, 5.41) is 2.27. The first-order chi connectivity index (χ1) is 10.3. The van der Waals surface area contributed by atoms with E-state index in [0.29, 0.717) is 5.56 Å². The second kappa shape index (κ2) is 5.75. The number of nitrogens with zero attached hydrogens (tertiary/aromatic N) is 1. The van der Waals surface area contributed by atoms with Crippen LogP contribution in [0.4, 0.5) is 0 Å². The second-order valence-electron chi connectivity index (χ2n) is 4.90. The molecule has 0 aliphatic heterocycles. The molecule has 1 aromatic heterocycles. The number of carbonyl (C=O) groups is 1. The summed E-state index contributed by atoms with van der Waals surface area (Å²) in [5.41, 5.74) is 2.63. The number of carbonyl (C=O) groups excluding carboxylic acids is 1. The van der Waals surface area contributed by atoms with Gasteiger partial charge in [0.1, 0.15) is 6.61 Å². The zero-order chi connectivity index (χ0) is 14.7. The van der Waals surface area contributed by atoms with Crippen molar-refractivity contribution in [2.45, 2.75) is 13.5 Å². The van der Waals surface area contributed by atoms with Gasteiger partial charge in [-0.2, -0.15) is 0 Å². The van der Waals surface area contributed by atoms with Crippen molar-refractivity contribution in [1.29, 1.82) is 0 Å². The van der Waals surface area contributed by atoms with E-state index in [9.17, 15) is 4.79 Å². The molecule has 0 aliphatic rings. The Bertz CT molecular complexity index is 782. The molecule has 1 heterocycles. The summed E-state index contributed by atoms with van der Waals surface area (Å²) >= 11 is 0. The molecule has 0 N–H and O–H groups in total. The van der Waals surface area contributed by atoms with Crippen LogP contribution in [0.2, 0.25) is 0 Å². The molecular weight excluding hydrogens is 262 g/mol. The van der Waals surface area contributed by atoms with Crippen LogP contribution >= 0.6 is 0 Å². The highest BCUT2D eigenvalue weighted by Gasteiger charge is 2.10. The summed E-state index contributed by atoms with van der Waals surface area (Å²) < 4.78 is 5.42. The smallest absolute Gasteiger partial charge is 0.340 e. The first-order valence-electron chi connectivity index (χ1n) is 6.80. The lowest BCUT2D eigenvalue weighted by Gasteiger charge is -2.11. The van der Waals surface area contributed by atoms with Crippen molar-refractivity contribution in [2.75, 3.05) is 0 Å². The summed E-state index contributed by atoms with van der Waals surface area (Å²) in [4.78, 5) is 15.9. The van der Waals surface area contributed by atoms with Crippen molar-refractivity contribution in [3.63, 3.8) is 0 Å². The molecule has 0 saturated heterocycles. The highest BCUT2D eigenvalue weighted by atomic mass is 16.5. The average molecular weight is 277 g/mol. The molecule has 0 spiro atoms. The van der Waals surface area contributed by atoms with E-state index in [1.807, 2.05) is 19.1 Å². The van der Waals surface area contributed by atoms with Gasteiger partial charge in [0, 0.05) is 18.0 Å². The second-order valence-corrected chi connectivity index (χ2v) is 4.90. The van der Waals surface area contributed by atoms with Crippen molar-refractivity contribution in [3.8, 4) is 0 Å². The molecule has 3 aromatic rings. The number of aryl methyl sites for hydroxylation is 1. The SMILES string of the molecule is Cc1ccc2ccccc2c1COC(=O)c1cccnc1. The third-order valence-electron chi connectivity index (χ3n) is 3.52. The lowest BCUT2D eigenvalue weighted by atomic mass is 10.0. The number of esters is 1. The highest BCUT2D eigenvalue weighted by molar-refractivity contribution is 5.90. The maximum absolute atomic E-state index is 12.0. The first-order valence-corrected chi connectivity index (χ1v) is 6.80. The van der Waals surface area contributed by atoms with Crippen molar-refractivity contribution in [2.24, 2.45) is 0 Å². The van der Waals surface area contributed by atoms with Crippen LogP contribution in [-0.4, -0.2) is 11.0 Å². The van der Waals surface area contributed by atoms with Gasteiger partial charge in [-0.05, 0) is 35.4 Å². The minimum absolute atomic E-state index is 0.265. The van der Waals surface area contributed by atoms with Gasteiger partial charge in [0.15, 0.2) is 0 Å². The largest absolute Gasteiger partial charge is 0.457 e. The Hall–Kier alpha value is -2.68. The molecule has 0 bridgehead atoms. The Morgan fingerprint density at radius 1 is 1.10 bits per heavy atom. The lowest BCUT2D eigenvalue weighted by molar-refractivity contribution is 0.0473. The van der Waals surface area contributed by atoms with E-state index in [4.69, 9.17) is 4.74 Å². The van der Waals surface area contributed by atoms with Gasteiger partial charge in [0.25, 0.3) is 0 Å². The molecule has 3 heteroatoms. The van der Waals surface area contributed by atoms with E-state index >= 15 is 0 Å². The van der Waals surface area contributed by atoms with Gasteiger partial charge in [0.2, 0.25) is 0 Å². The van der Waals surface area contributed by atoms with Crippen LogP contribution in [0, 0.1) is 6.92 Å². The number of hydrogen-bond donors (Lipinski definition) is 0. The van der Waals surface area contributed by atoms with Crippen LogP contribution in [0.25, 0.3) is 10.8 Å². The molecule has 3 rings (SSSR count). The van der Waals surface area contributed by atoms with Gasteiger partial charge in [0.05, 0.1) is 5.56 Å². The minimum atomic E-state index is -0.351. The molecule has 0 radical (unpaired) electrons. The van der Waals surface area contributed by atoms with Crippen molar-refractivity contribution in [3.05, 3.63) is 77.6 Å². The Morgan fingerprint density at radius 3 is 2.76 bits per heavy atom. The zero-order valence-corrected chi connectivity index (χ0v) is 11.7. The maximum atomic E-state index is 12.0. The van der Waals surface area contributed by atoms with E-state index < -0.39 is 0 Å². The maximum Gasteiger partial charge on any atom is 0.340 e. The monoisotopic (exact) mass is 277 g/mol. The Morgan fingerprint density at radius 2 is 1.95 bits per heavy atom. The van der Waals surface area contributed by atoms with Crippen LogP contribution in [0.5, 0.6) is 0 Å². The van der Waals surface area contributed by atoms with Crippen LogP contribution in [-0.2, 0) is 11.3 Å². The fourth-order valence-electron chi connectivity index (χ4n) is 2.34. The molecule has 0 fully saturated rings. The number of aromatic nitrogens is 1. The Labute approximate surface area is 123 Å². The number of fused-ring (bicyclic) bond motifs is 1. The molecule has 0 aliphatic carbocycles. The molecule has 0 atom stereocenters. The highest BCUT2D eigenvalue weighted by Crippen LogP contribution is 2.23. The molecule has 2 aromatic carbocycles. The average Bonchev–Trinajstić information content (AvgIpc) is 2.54. The minimum Gasteiger partial charge on any atom is -0.457 e. The van der Waals surface area contributed by atoms with Crippen LogP contribution in [0.1, 0.15) is 21.5 Å². The van der Waals surface area contributed by atoms with Crippen molar-refractivity contribution >= 4 is 16.7 Å². The first kappa shape index (κ1) is 13.3. The van der Waals surface area contributed by atoms with Crippen molar-refractivity contribution in [1.82, 2.24) is 4.98 Å². The van der Waals surface area contributed by atoms with E-state index in [-0.39, 0.29) is 12.6 Å². The summed E-state index contributed by atoms with van der Waals surface area (Å²) in [6.07, 6.45) is 3.14. The molecule has 0 saturated carbocycles. The van der Waals surface area contributed by atoms with E-state index in [0.717, 1.165) is 21.9 Å². The van der Waals surface area contributed by atoms with Crippen LogP contribution in [0.3, 0.4) is 0 Å². The number of rotatable bonds is 3. The third-order valence-corrected chi connectivity index (χ3v) is 3.52. The number of benzene rings is 2. The predicted octanol–water partition coefficient (Wildman–Crippen LogP) is 3.90. The Kier molecular flexibility index (Phi) is 3.65. The molecule has 21 heavy (non-hydrogen) atoms. The number of pyridine rings is 1. The van der Waals surface area contributed by atoms with Crippen molar-refractivity contribution < 1.29 is 9.53 Å². The fourth-order valence-corrected chi connectivity index (χ4v) is 2.34. The normalized spacial score (nSPS) is 10.5. The van der Waals surface area contributed by atoms with Gasteiger partial charge in [-0.25, -0.2) is 4.79 Å². The molecule has 104 valence electrons. The summed E-state index contributed by atoms with van der Waals surface area (Å²) in [5.74, 6) is -0.351. The van der Waals surface area contributed by atoms with Gasteiger partial charge in [-0.15, -0.1) is 0 Å². The van der Waals surface area contributed by atoms with E-state index in [1.54, 1.807) is 18.3 Å². The summed E-state index contributed by atoms with van der Waals surface area (Å²) in [6, 6.07) is 15.7. The lowest BCUT2D eigenvalue weighted by Crippen LogP contribution is -2.06. The molecular formula is C18H15NO2. The molecule has 0 amide bonds. The van der Waals surface area contributed by atoms with Gasteiger partial charge in [-0.1, -0.05) is 36.4 Å². The summed E-state index contributed by atoms with van der Waals surface area (Å²) in [6.45, 7) is 2.29. The van der Waals surface area contributed by atoms with E-state index in [2.05, 4.69) is 29.2 Å². The summed E-state index contributed by atoms with van der Waals surface area (Å²) in [7, 11) is 0. The van der Waals surface area contributed by atoms with Crippen LogP contribution in [0.15, 0.2) is 60.9 Å².